The Kier molecular flexibility index (Phi) is 4.90. The zero-order valence-corrected chi connectivity index (χ0v) is 19.5. The lowest BCUT2D eigenvalue weighted by Gasteiger charge is -2.22. The second-order valence-electron chi connectivity index (χ2n) is 7.86. The standard InChI is InChI=1S/C26H17ClN2O4S/c1-2-32-16-11-12-18-20(13-16)34-26(28-18)29-22(14-7-9-15(27)10-8-14)21-23(30)17-5-3-4-6-19(17)33-24(21)25(29)31/h3-13,22H,2H2,1H3/t22-/m1/s1. The quantitative estimate of drug-likeness (QED) is 0.301. The molecule has 0 radical (unpaired) electrons. The first-order valence-electron chi connectivity index (χ1n) is 10.7. The summed E-state index contributed by atoms with van der Waals surface area (Å²) in [4.78, 5) is 33.5. The molecule has 6 rings (SSSR count). The summed E-state index contributed by atoms with van der Waals surface area (Å²) in [7, 11) is 0. The molecule has 34 heavy (non-hydrogen) atoms. The van der Waals surface area contributed by atoms with Crippen molar-refractivity contribution in [3.63, 3.8) is 0 Å². The minimum atomic E-state index is -0.687. The number of fused-ring (bicyclic) bond motifs is 3. The summed E-state index contributed by atoms with van der Waals surface area (Å²) in [5.74, 6) is 0.374. The van der Waals surface area contributed by atoms with Gasteiger partial charge in [-0.25, -0.2) is 4.98 Å². The molecule has 0 aliphatic carbocycles. The van der Waals surface area contributed by atoms with Crippen molar-refractivity contribution in [2.24, 2.45) is 0 Å². The minimum absolute atomic E-state index is 0.0397. The van der Waals surface area contributed by atoms with Gasteiger partial charge in [0.25, 0.3) is 5.91 Å². The summed E-state index contributed by atoms with van der Waals surface area (Å²) >= 11 is 7.49. The first-order valence-corrected chi connectivity index (χ1v) is 11.9. The molecule has 1 aliphatic rings. The largest absolute Gasteiger partial charge is 0.494 e. The highest BCUT2D eigenvalue weighted by molar-refractivity contribution is 7.22. The van der Waals surface area contributed by atoms with E-state index in [-0.39, 0.29) is 11.2 Å². The third-order valence-corrected chi connectivity index (χ3v) is 7.10. The Balaban J connectivity index is 1.58. The van der Waals surface area contributed by atoms with Gasteiger partial charge in [-0.15, -0.1) is 0 Å². The molecular formula is C26H17ClN2O4S. The predicted octanol–water partition coefficient (Wildman–Crippen LogP) is 6.20. The van der Waals surface area contributed by atoms with Crippen LogP contribution in [-0.2, 0) is 0 Å². The van der Waals surface area contributed by atoms with Crippen molar-refractivity contribution in [2.45, 2.75) is 13.0 Å². The van der Waals surface area contributed by atoms with Crippen molar-refractivity contribution >= 4 is 55.2 Å². The number of rotatable bonds is 4. The Bertz CT molecular complexity index is 1640. The Morgan fingerprint density at radius 1 is 1.09 bits per heavy atom. The van der Waals surface area contributed by atoms with Gasteiger partial charge in [0.1, 0.15) is 11.3 Å². The maximum absolute atomic E-state index is 13.7. The van der Waals surface area contributed by atoms with Gasteiger partial charge in [0, 0.05) is 5.02 Å². The van der Waals surface area contributed by atoms with Gasteiger partial charge in [-0.3, -0.25) is 14.5 Å². The van der Waals surface area contributed by atoms with Crippen LogP contribution in [0.15, 0.2) is 75.9 Å². The van der Waals surface area contributed by atoms with Crippen LogP contribution in [0.5, 0.6) is 5.75 Å². The predicted molar refractivity (Wildman–Crippen MR) is 133 cm³/mol. The number of carbonyl (C=O) groups is 1. The van der Waals surface area contributed by atoms with Gasteiger partial charge < -0.3 is 9.15 Å². The molecule has 0 bridgehead atoms. The molecular weight excluding hydrogens is 472 g/mol. The summed E-state index contributed by atoms with van der Waals surface area (Å²) in [6, 6.07) is 19.0. The SMILES string of the molecule is CCOc1ccc2nc(N3C(=O)c4oc5ccccc5c(=O)c4[C@H]3c3ccc(Cl)cc3)sc2c1. The lowest BCUT2D eigenvalue weighted by Crippen LogP contribution is -2.29. The second kappa shape index (κ2) is 7.97. The van der Waals surface area contributed by atoms with E-state index in [9.17, 15) is 9.59 Å². The van der Waals surface area contributed by atoms with Crippen molar-refractivity contribution in [1.82, 2.24) is 4.98 Å². The summed E-state index contributed by atoms with van der Waals surface area (Å²) in [6.45, 7) is 2.48. The van der Waals surface area contributed by atoms with E-state index < -0.39 is 11.9 Å². The van der Waals surface area contributed by atoms with E-state index in [4.69, 9.17) is 25.7 Å². The van der Waals surface area contributed by atoms with E-state index in [0.717, 1.165) is 21.5 Å². The van der Waals surface area contributed by atoms with Crippen molar-refractivity contribution < 1.29 is 13.9 Å². The first-order chi connectivity index (χ1) is 16.5. The molecule has 0 saturated carbocycles. The van der Waals surface area contributed by atoms with Crippen LogP contribution in [0.1, 0.15) is 34.6 Å². The fourth-order valence-electron chi connectivity index (χ4n) is 4.33. The zero-order chi connectivity index (χ0) is 23.4. The molecule has 8 heteroatoms. The second-order valence-corrected chi connectivity index (χ2v) is 9.30. The number of benzene rings is 3. The molecule has 1 atom stereocenters. The number of anilines is 1. The van der Waals surface area contributed by atoms with Crippen LogP contribution >= 0.6 is 22.9 Å². The van der Waals surface area contributed by atoms with Gasteiger partial charge in [0.05, 0.1) is 33.8 Å². The number of hydrogen-bond acceptors (Lipinski definition) is 6. The maximum atomic E-state index is 13.7. The molecule has 2 aromatic heterocycles. The number of para-hydroxylation sites is 1. The third-order valence-electron chi connectivity index (χ3n) is 5.83. The zero-order valence-electron chi connectivity index (χ0n) is 17.9. The Morgan fingerprint density at radius 3 is 2.68 bits per heavy atom. The van der Waals surface area contributed by atoms with Crippen molar-refractivity contribution in [3.8, 4) is 5.75 Å². The molecule has 1 aliphatic heterocycles. The molecule has 0 N–H and O–H groups in total. The monoisotopic (exact) mass is 488 g/mol. The van der Waals surface area contributed by atoms with Gasteiger partial charge in [-0.2, -0.15) is 0 Å². The van der Waals surface area contributed by atoms with Crippen LogP contribution in [0, 0.1) is 0 Å². The van der Waals surface area contributed by atoms with Gasteiger partial charge in [-0.1, -0.05) is 47.2 Å². The van der Waals surface area contributed by atoms with Crippen LogP contribution in [0.3, 0.4) is 0 Å². The van der Waals surface area contributed by atoms with Gasteiger partial charge in [-0.05, 0) is 55.0 Å². The fourth-order valence-corrected chi connectivity index (χ4v) is 5.48. The summed E-state index contributed by atoms with van der Waals surface area (Å²) in [5, 5.41) is 1.47. The van der Waals surface area contributed by atoms with Crippen molar-refractivity contribution in [1.29, 1.82) is 0 Å². The smallest absolute Gasteiger partial charge is 0.297 e. The average Bonchev–Trinajstić information content (AvgIpc) is 3.38. The van der Waals surface area contributed by atoms with E-state index >= 15 is 0 Å². The van der Waals surface area contributed by atoms with Crippen LogP contribution in [0.2, 0.25) is 5.02 Å². The maximum Gasteiger partial charge on any atom is 0.297 e. The normalized spacial score (nSPS) is 15.3. The van der Waals surface area contributed by atoms with E-state index in [1.54, 1.807) is 41.3 Å². The van der Waals surface area contributed by atoms with E-state index in [1.165, 1.54) is 11.3 Å². The van der Waals surface area contributed by atoms with Crippen LogP contribution in [-0.4, -0.2) is 17.5 Å². The Labute approximate surface area is 203 Å². The molecule has 0 unspecified atom stereocenters. The molecule has 0 spiro atoms. The summed E-state index contributed by atoms with van der Waals surface area (Å²) in [5.41, 5.74) is 1.94. The number of nitrogens with zero attached hydrogens (tertiary/aromatic N) is 2. The van der Waals surface area contributed by atoms with Gasteiger partial charge >= 0.3 is 0 Å². The topological polar surface area (TPSA) is 72.6 Å². The number of amides is 1. The van der Waals surface area contributed by atoms with E-state index in [1.807, 2.05) is 37.3 Å². The van der Waals surface area contributed by atoms with Crippen molar-refractivity contribution in [3.05, 3.63) is 98.9 Å². The first kappa shape index (κ1) is 20.9. The van der Waals surface area contributed by atoms with Crippen LogP contribution in [0.4, 0.5) is 5.13 Å². The average molecular weight is 489 g/mol. The number of aromatic nitrogens is 1. The lowest BCUT2D eigenvalue weighted by atomic mass is 9.99. The summed E-state index contributed by atoms with van der Waals surface area (Å²) in [6.07, 6.45) is 0. The molecule has 1 amide bonds. The highest BCUT2D eigenvalue weighted by Gasteiger charge is 2.45. The Hall–Kier alpha value is -3.68. The number of carbonyl (C=O) groups excluding carboxylic acids is 1. The number of hydrogen-bond donors (Lipinski definition) is 0. The molecule has 5 aromatic rings. The highest BCUT2D eigenvalue weighted by Crippen LogP contribution is 2.44. The molecule has 0 saturated heterocycles. The van der Waals surface area contributed by atoms with Gasteiger partial charge in [0.15, 0.2) is 10.6 Å². The molecule has 0 fully saturated rings. The highest BCUT2D eigenvalue weighted by atomic mass is 35.5. The number of thiazole rings is 1. The summed E-state index contributed by atoms with van der Waals surface area (Å²) < 4.78 is 12.5. The van der Waals surface area contributed by atoms with E-state index in [0.29, 0.717) is 33.3 Å². The van der Waals surface area contributed by atoms with E-state index in [2.05, 4.69) is 0 Å². The minimum Gasteiger partial charge on any atom is -0.494 e. The number of ether oxygens (including phenoxy) is 1. The van der Waals surface area contributed by atoms with Crippen LogP contribution < -0.4 is 15.1 Å². The molecule has 168 valence electrons. The van der Waals surface area contributed by atoms with Gasteiger partial charge in [0.2, 0.25) is 5.76 Å². The van der Waals surface area contributed by atoms with Crippen LogP contribution in [0.25, 0.3) is 21.2 Å². The fraction of sp³-hybridized carbons (Fsp3) is 0.115. The molecule has 3 heterocycles. The number of halogens is 1. The lowest BCUT2D eigenvalue weighted by molar-refractivity contribution is 0.0971. The Morgan fingerprint density at radius 2 is 1.88 bits per heavy atom. The molecule has 6 nitrogen and oxygen atoms in total. The van der Waals surface area contributed by atoms with Crippen molar-refractivity contribution in [2.75, 3.05) is 11.5 Å². The molecule has 3 aromatic carbocycles. The third kappa shape index (κ3) is 3.20.